The molecular formula is C58H67Cl5N8O6. The number of carbonyl (C=O) groups is 2. The fraction of sp³-hybridized carbons (Fsp3) is 0.276. The van der Waals surface area contributed by atoms with E-state index in [4.69, 9.17) is 72.2 Å². The van der Waals surface area contributed by atoms with Crippen LogP contribution in [0.2, 0.25) is 25.1 Å². The Morgan fingerprint density at radius 1 is 0.727 bits per heavy atom. The van der Waals surface area contributed by atoms with E-state index in [1.54, 1.807) is 50.7 Å². The van der Waals surface area contributed by atoms with Crippen LogP contribution in [-0.4, -0.2) is 71.8 Å². The standard InChI is InChI=1S/C25H19Cl3N4O3.C16H18Cl2N4O2.C9H12.C4H6O.2C2H6/c1-4-20(34)30-17-9-15(26)7-12(2)24(17)32-25-29-11-14-8-13(5-6-16(14)31-25)21-22(27)18(33)10-19(35-3)23(21)28;1-9-19-6-10-7-22(8-21(2)16(10)20-9)15-13(17)11(23-3)5-12(24-4)14(15)18;1-7-5-4-6-8(2)9(7)3;1-3-4(2)5;2*1-2/h4-11,33H,1H2,2-3H3,(H,30,34)(H,29,31,32);5-6H,7-8H2,1-4H3;4-6H,1-3H3;3H,1H2,2H3;2*1-2H3. The van der Waals surface area contributed by atoms with Crippen molar-refractivity contribution in [2.24, 2.45) is 0 Å². The van der Waals surface area contributed by atoms with Gasteiger partial charge in [0.05, 0.1) is 60.6 Å². The molecule has 0 aliphatic carbocycles. The maximum Gasteiger partial charge on any atom is 0.247 e. The minimum atomic E-state index is -0.373. The number of nitrogens with zero attached hydrogens (tertiary/aromatic N) is 6. The quantitative estimate of drug-likeness (QED) is 0.111. The Kier molecular flexibility index (Phi) is 25.8. The lowest BCUT2D eigenvalue weighted by molar-refractivity contribution is -0.113. The van der Waals surface area contributed by atoms with E-state index in [-0.39, 0.29) is 27.5 Å². The number of aryl methyl sites for hydroxylation is 4. The summed E-state index contributed by atoms with van der Waals surface area (Å²) in [5, 5.41) is 18.6. The molecule has 1 amide bonds. The normalized spacial score (nSPS) is 10.9. The van der Waals surface area contributed by atoms with Crippen molar-refractivity contribution in [3.8, 4) is 34.1 Å². The van der Waals surface area contributed by atoms with Crippen molar-refractivity contribution < 1.29 is 28.9 Å². The van der Waals surface area contributed by atoms with E-state index in [0.717, 1.165) is 28.2 Å². The highest BCUT2D eigenvalue weighted by Crippen LogP contribution is 2.48. The number of halogens is 5. The van der Waals surface area contributed by atoms with Crippen molar-refractivity contribution in [3.05, 3.63) is 157 Å². The first kappa shape index (κ1) is 64.5. The highest BCUT2D eigenvalue weighted by atomic mass is 35.5. The number of hydrogen-bond donors (Lipinski definition) is 3. The summed E-state index contributed by atoms with van der Waals surface area (Å²) in [6.07, 6.45) is 5.92. The van der Waals surface area contributed by atoms with Crippen LogP contribution in [0.5, 0.6) is 23.0 Å². The van der Waals surface area contributed by atoms with Gasteiger partial charge in [0.2, 0.25) is 11.9 Å². The molecule has 1 aliphatic rings. The summed E-state index contributed by atoms with van der Waals surface area (Å²) in [6, 6.07) is 18.2. The maximum atomic E-state index is 11.9. The zero-order valence-corrected chi connectivity index (χ0v) is 49.8. The van der Waals surface area contributed by atoms with E-state index in [0.29, 0.717) is 85.2 Å². The number of allylic oxidation sites excluding steroid dienone is 1. The van der Waals surface area contributed by atoms with Crippen molar-refractivity contribution in [2.45, 2.75) is 75.8 Å². The Balaban J connectivity index is 0.000000318. The highest BCUT2D eigenvalue weighted by molar-refractivity contribution is 6.42. The fourth-order valence-corrected chi connectivity index (χ4v) is 8.91. The van der Waals surface area contributed by atoms with Crippen molar-refractivity contribution in [2.75, 3.05) is 55.5 Å². The van der Waals surface area contributed by atoms with Crippen LogP contribution in [0.3, 0.4) is 0 Å². The molecular weight excluding hydrogens is 1080 g/mol. The monoisotopic (exact) mass is 1150 g/mol. The van der Waals surface area contributed by atoms with Crippen molar-refractivity contribution in [3.63, 3.8) is 0 Å². The van der Waals surface area contributed by atoms with Crippen LogP contribution in [0, 0.1) is 34.6 Å². The van der Waals surface area contributed by atoms with E-state index in [9.17, 15) is 14.7 Å². The number of benzene rings is 5. The minimum absolute atomic E-state index is 0.0185. The molecule has 77 heavy (non-hydrogen) atoms. The highest BCUT2D eigenvalue weighted by Gasteiger charge is 2.28. The molecule has 7 aromatic rings. The Hall–Kier alpha value is -6.81. The molecule has 0 fully saturated rings. The number of phenolic OH excluding ortho intramolecular Hbond substituents is 1. The molecule has 0 spiro atoms. The number of hydrogen-bond acceptors (Lipinski definition) is 13. The smallest absolute Gasteiger partial charge is 0.247 e. The molecule has 0 saturated heterocycles. The number of fused-ring (bicyclic) bond motifs is 2. The number of carbonyl (C=O) groups excluding carboxylic acids is 2. The van der Waals surface area contributed by atoms with Crippen LogP contribution in [0.1, 0.15) is 68.3 Å². The third-order valence-corrected chi connectivity index (χ3v) is 13.0. The average molecular weight is 1150 g/mol. The molecule has 410 valence electrons. The summed E-state index contributed by atoms with van der Waals surface area (Å²) >= 11 is 32.0. The lowest BCUT2D eigenvalue weighted by atomic mass is 10.0. The van der Waals surface area contributed by atoms with E-state index >= 15 is 0 Å². The van der Waals surface area contributed by atoms with Gasteiger partial charge in [-0.05, 0) is 106 Å². The molecule has 0 radical (unpaired) electrons. The van der Waals surface area contributed by atoms with E-state index in [2.05, 4.69) is 87.6 Å². The van der Waals surface area contributed by atoms with Crippen molar-refractivity contribution >= 4 is 109 Å². The Morgan fingerprint density at radius 3 is 1.86 bits per heavy atom. The topological polar surface area (TPSA) is 164 Å². The Labute approximate surface area is 478 Å². The fourth-order valence-electron chi connectivity index (χ4n) is 7.25. The van der Waals surface area contributed by atoms with Gasteiger partial charge in [-0.1, -0.05) is 123 Å². The van der Waals surface area contributed by atoms with Gasteiger partial charge in [0.1, 0.15) is 44.7 Å². The van der Waals surface area contributed by atoms with Gasteiger partial charge in [-0.25, -0.2) is 19.9 Å². The van der Waals surface area contributed by atoms with Gasteiger partial charge >= 0.3 is 0 Å². The zero-order chi connectivity index (χ0) is 57.8. The summed E-state index contributed by atoms with van der Waals surface area (Å²) in [5.41, 5.74) is 9.47. The number of aromatic nitrogens is 4. The van der Waals surface area contributed by atoms with Crippen LogP contribution in [-0.2, 0) is 16.1 Å². The first-order valence-corrected chi connectivity index (χ1v) is 26.1. The summed E-state index contributed by atoms with van der Waals surface area (Å²) in [4.78, 5) is 43.4. The predicted octanol–water partition coefficient (Wildman–Crippen LogP) is 16.1. The van der Waals surface area contributed by atoms with Crippen LogP contribution in [0.4, 0.5) is 28.8 Å². The first-order valence-electron chi connectivity index (χ1n) is 24.2. The number of anilines is 5. The van der Waals surface area contributed by atoms with Crippen LogP contribution in [0.25, 0.3) is 22.0 Å². The number of ether oxygens (including phenoxy) is 3. The lowest BCUT2D eigenvalue weighted by Crippen LogP contribution is -2.41. The number of aromatic hydroxyl groups is 1. The molecule has 8 rings (SSSR count). The van der Waals surface area contributed by atoms with Gasteiger partial charge < -0.3 is 39.8 Å². The summed E-state index contributed by atoms with van der Waals surface area (Å²) < 4.78 is 15.9. The second-order valence-corrected chi connectivity index (χ2v) is 18.4. The van der Waals surface area contributed by atoms with Crippen LogP contribution < -0.4 is 34.6 Å². The van der Waals surface area contributed by atoms with Gasteiger partial charge in [0, 0.05) is 59.7 Å². The minimum Gasteiger partial charge on any atom is -0.506 e. The average Bonchev–Trinajstić information content (AvgIpc) is 3.42. The molecule has 14 nitrogen and oxygen atoms in total. The maximum absolute atomic E-state index is 11.9. The van der Waals surface area contributed by atoms with Crippen LogP contribution >= 0.6 is 58.0 Å². The van der Waals surface area contributed by atoms with Crippen LogP contribution in [0.15, 0.2) is 98.4 Å². The van der Waals surface area contributed by atoms with E-state index < -0.39 is 0 Å². The summed E-state index contributed by atoms with van der Waals surface area (Å²) in [7, 11) is 6.55. The second kappa shape index (κ2) is 30.8. The molecule has 0 unspecified atom stereocenters. The number of methoxy groups -OCH3 is 3. The van der Waals surface area contributed by atoms with Crippen molar-refractivity contribution in [1.82, 2.24) is 19.9 Å². The second-order valence-electron chi connectivity index (χ2n) is 16.4. The first-order chi connectivity index (χ1) is 36.7. The number of amides is 1. The molecule has 5 aromatic carbocycles. The number of rotatable bonds is 10. The number of ketones is 1. The van der Waals surface area contributed by atoms with Gasteiger partial charge in [-0.15, -0.1) is 0 Å². The summed E-state index contributed by atoms with van der Waals surface area (Å²) in [6.45, 7) is 27.5. The van der Waals surface area contributed by atoms with Gasteiger partial charge in [-0.2, -0.15) is 0 Å². The van der Waals surface area contributed by atoms with Gasteiger partial charge in [0.15, 0.2) is 5.78 Å². The largest absolute Gasteiger partial charge is 0.506 e. The molecule has 0 atom stereocenters. The molecule has 19 heteroatoms. The van der Waals surface area contributed by atoms with Gasteiger partial charge in [0.25, 0.3) is 0 Å². The molecule has 0 saturated carbocycles. The van der Waals surface area contributed by atoms with E-state index in [1.165, 1.54) is 48.9 Å². The number of nitrogens with one attached hydrogen (secondary N) is 2. The third-order valence-electron chi connectivity index (χ3n) is 11.3. The van der Waals surface area contributed by atoms with Crippen molar-refractivity contribution in [1.29, 1.82) is 0 Å². The molecule has 3 N–H and O–H groups in total. The van der Waals surface area contributed by atoms with E-state index in [1.807, 2.05) is 65.8 Å². The molecule has 2 aromatic heterocycles. The molecule has 1 aliphatic heterocycles. The molecule has 0 bridgehead atoms. The van der Waals surface area contributed by atoms with Gasteiger partial charge in [-0.3, -0.25) is 9.59 Å². The SMILES string of the molecule is C=CC(=O)Nc1cc(Cl)cc(C)c1Nc1ncc2cc(-c3c(Cl)c(O)cc(OC)c3Cl)ccc2n1.C=CC(C)=O.CC.CC.COc1cc(OC)c(Cl)c(N2Cc3cnc(C)nc3N(C)C2)c1Cl.Cc1cccc(C)c1C. The Bertz CT molecular complexity index is 3160. The molecule has 3 heterocycles. The Morgan fingerprint density at radius 2 is 1.31 bits per heavy atom. The summed E-state index contributed by atoms with van der Waals surface area (Å²) in [5.74, 6) is 2.82. The number of phenols is 1. The zero-order valence-electron chi connectivity index (χ0n) is 46.0. The third kappa shape index (κ3) is 16.8. The lowest BCUT2D eigenvalue weighted by Gasteiger charge is -2.37. The predicted molar refractivity (Wildman–Crippen MR) is 322 cm³/mol.